The van der Waals surface area contributed by atoms with E-state index < -0.39 is 17.3 Å². The summed E-state index contributed by atoms with van der Waals surface area (Å²) in [6.45, 7) is 11.7. The number of aromatic nitrogens is 1. The van der Waals surface area contributed by atoms with Gasteiger partial charge in [-0.1, -0.05) is 6.07 Å². The maximum Gasteiger partial charge on any atom is 0.415 e. The van der Waals surface area contributed by atoms with Gasteiger partial charge in [-0.3, -0.25) is 4.90 Å². The van der Waals surface area contributed by atoms with Crippen LogP contribution in [0.4, 0.5) is 15.4 Å². The molecule has 1 atom stereocenters. The molecule has 27 heavy (non-hydrogen) atoms. The van der Waals surface area contributed by atoms with Crippen LogP contribution >= 0.6 is 0 Å². The van der Waals surface area contributed by atoms with E-state index in [1.807, 2.05) is 47.6 Å². The molecule has 1 aliphatic heterocycles. The zero-order valence-electron chi connectivity index (χ0n) is 17.4. The summed E-state index contributed by atoms with van der Waals surface area (Å²) < 4.78 is 10.9. The molecular weight excluding hydrogens is 346 g/mol. The highest BCUT2D eigenvalue weighted by Crippen LogP contribution is 2.33. The Morgan fingerprint density at radius 2 is 1.74 bits per heavy atom. The van der Waals surface area contributed by atoms with Crippen molar-refractivity contribution in [3.63, 3.8) is 0 Å². The highest BCUT2D eigenvalue weighted by atomic mass is 16.6. The average molecular weight is 377 g/mol. The van der Waals surface area contributed by atoms with Gasteiger partial charge in [0.15, 0.2) is 0 Å². The maximum absolute atomic E-state index is 12.5. The van der Waals surface area contributed by atoms with Gasteiger partial charge in [-0.2, -0.15) is 0 Å². The minimum absolute atomic E-state index is 0.0618. The molecular formula is C20H31N3O4. The topological polar surface area (TPSA) is 72.0 Å². The monoisotopic (exact) mass is 377 g/mol. The maximum atomic E-state index is 12.5. The predicted octanol–water partition coefficient (Wildman–Crippen LogP) is 4.52. The Bertz CT molecular complexity index is 674. The molecule has 0 bridgehead atoms. The molecule has 0 saturated carbocycles. The fraction of sp³-hybridized carbons (Fsp3) is 0.650. The second kappa shape index (κ2) is 7.74. The number of hydrogen-bond donors (Lipinski definition) is 0. The highest BCUT2D eigenvalue weighted by Gasteiger charge is 2.33. The normalized spacial score (nSPS) is 17.6. The molecule has 2 rings (SSSR count). The van der Waals surface area contributed by atoms with Crippen LogP contribution in [0.25, 0.3) is 0 Å². The van der Waals surface area contributed by atoms with Crippen LogP contribution in [0, 0.1) is 0 Å². The van der Waals surface area contributed by atoms with Gasteiger partial charge in [0.05, 0.1) is 6.04 Å². The van der Waals surface area contributed by atoms with E-state index >= 15 is 0 Å². The number of rotatable bonds is 2. The van der Waals surface area contributed by atoms with Gasteiger partial charge in [0, 0.05) is 19.8 Å². The molecule has 0 radical (unpaired) electrons. The summed E-state index contributed by atoms with van der Waals surface area (Å²) in [6, 6.07) is 3.61. The van der Waals surface area contributed by atoms with E-state index in [0.29, 0.717) is 12.4 Å². The molecule has 1 fully saturated rings. The van der Waals surface area contributed by atoms with Gasteiger partial charge in [0.2, 0.25) is 0 Å². The van der Waals surface area contributed by atoms with Crippen molar-refractivity contribution in [1.29, 1.82) is 0 Å². The van der Waals surface area contributed by atoms with Crippen molar-refractivity contribution in [3.8, 4) is 0 Å². The van der Waals surface area contributed by atoms with Gasteiger partial charge >= 0.3 is 12.2 Å². The van der Waals surface area contributed by atoms with E-state index in [9.17, 15) is 9.59 Å². The van der Waals surface area contributed by atoms with Crippen molar-refractivity contribution < 1.29 is 19.1 Å². The van der Waals surface area contributed by atoms with Gasteiger partial charge in [-0.05, 0) is 66.0 Å². The van der Waals surface area contributed by atoms with Crippen LogP contribution in [0.5, 0.6) is 0 Å². The van der Waals surface area contributed by atoms with E-state index in [2.05, 4.69) is 4.98 Å². The molecule has 7 heteroatoms. The lowest BCUT2D eigenvalue weighted by molar-refractivity contribution is 0.0224. The number of anilines is 1. The lowest BCUT2D eigenvalue weighted by atomic mass is 10.1. The minimum atomic E-state index is -0.566. The molecule has 7 nitrogen and oxygen atoms in total. The number of carbonyl (C=O) groups excluding carboxylic acids is 2. The summed E-state index contributed by atoms with van der Waals surface area (Å²) >= 11 is 0. The largest absolute Gasteiger partial charge is 0.444 e. The van der Waals surface area contributed by atoms with E-state index in [-0.39, 0.29) is 12.1 Å². The zero-order chi connectivity index (χ0) is 20.4. The summed E-state index contributed by atoms with van der Waals surface area (Å²) in [5, 5.41) is 0. The number of pyridine rings is 1. The third-order valence-corrected chi connectivity index (χ3v) is 4.05. The molecule has 0 N–H and O–H groups in total. The summed E-state index contributed by atoms with van der Waals surface area (Å²) in [5.74, 6) is 0.495. The first-order chi connectivity index (χ1) is 12.4. The minimum Gasteiger partial charge on any atom is -0.444 e. The number of amides is 2. The first-order valence-electron chi connectivity index (χ1n) is 9.30. The zero-order valence-corrected chi connectivity index (χ0v) is 17.4. The molecule has 2 heterocycles. The van der Waals surface area contributed by atoms with Crippen molar-refractivity contribution in [1.82, 2.24) is 9.88 Å². The fourth-order valence-electron chi connectivity index (χ4n) is 2.87. The third kappa shape index (κ3) is 5.84. The Labute approximate surface area is 161 Å². The van der Waals surface area contributed by atoms with Crippen molar-refractivity contribution >= 4 is 18.0 Å². The van der Waals surface area contributed by atoms with Crippen LogP contribution in [-0.2, 0) is 9.47 Å². The van der Waals surface area contributed by atoms with E-state index in [4.69, 9.17) is 9.47 Å². The number of hydrogen-bond acceptors (Lipinski definition) is 5. The summed E-state index contributed by atoms with van der Waals surface area (Å²) in [4.78, 5) is 32.1. The number of likely N-dealkylation sites (tertiary alicyclic amines) is 1. The quantitative estimate of drug-likeness (QED) is 0.757. The van der Waals surface area contributed by atoms with Gasteiger partial charge in [0.25, 0.3) is 0 Å². The third-order valence-electron chi connectivity index (χ3n) is 4.05. The van der Waals surface area contributed by atoms with Crippen LogP contribution in [-0.4, -0.2) is 46.9 Å². The smallest absolute Gasteiger partial charge is 0.415 e. The number of nitrogens with zero attached hydrogens (tertiary/aromatic N) is 3. The SMILES string of the molecule is CN(C(=O)OC(C)(C)C)c1ccc(C2CCCN2C(=O)OC(C)(C)C)cn1. The first-order valence-corrected chi connectivity index (χ1v) is 9.30. The van der Waals surface area contributed by atoms with Crippen LogP contribution in [0.2, 0.25) is 0 Å². The predicted molar refractivity (Wildman–Crippen MR) is 104 cm³/mol. The Hall–Kier alpha value is -2.31. The Kier molecular flexibility index (Phi) is 6.02. The van der Waals surface area contributed by atoms with Gasteiger partial charge in [-0.15, -0.1) is 0 Å². The first kappa shape index (κ1) is 21.0. The number of ether oxygens (including phenoxy) is 2. The molecule has 150 valence electrons. The van der Waals surface area contributed by atoms with E-state index in [1.165, 1.54) is 4.90 Å². The van der Waals surface area contributed by atoms with Crippen LogP contribution in [0.15, 0.2) is 18.3 Å². The van der Waals surface area contributed by atoms with E-state index in [0.717, 1.165) is 18.4 Å². The molecule has 0 aliphatic carbocycles. The molecule has 0 aromatic carbocycles. The summed E-state index contributed by atoms with van der Waals surface area (Å²) in [7, 11) is 1.62. The standard InChI is InChI=1S/C20H31N3O4/c1-19(2,3)26-17(24)22(7)16-11-10-14(13-21-16)15-9-8-12-23(15)18(25)27-20(4,5)6/h10-11,13,15H,8-9,12H2,1-7H3. The van der Waals surface area contributed by atoms with E-state index in [1.54, 1.807) is 24.2 Å². The molecule has 2 amide bonds. The molecule has 0 spiro atoms. The van der Waals surface area contributed by atoms with Crippen LogP contribution in [0.3, 0.4) is 0 Å². The van der Waals surface area contributed by atoms with Crippen LogP contribution in [0.1, 0.15) is 66.0 Å². The molecule has 1 aliphatic rings. The Morgan fingerprint density at radius 3 is 2.26 bits per heavy atom. The lowest BCUT2D eigenvalue weighted by Gasteiger charge is -2.29. The van der Waals surface area contributed by atoms with Gasteiger partial charge in [-0.25, -0.2) is 14.6 Å². The number of carbonyl (C=O) groups is 2. The van der Waals surface area contributed by atoms with Crippen molar-refractivity contribution in [2.75, 3.05) is 18.5 Å². The molecule has 1 aromatic heterocycles. The molecule has 1 saturated heterocycles. The van der Waals surface area contributed by atoms with Gasteiger partial charge < -0.3 is 14.4 Å². The summed E-state index contributed by atoms with van der Waals surface area (Å²) in [6.07, 6.45) is 2.73. The van der Waals surface area contributed by atoms with Crippen molar-refractivity contribution in [2.24, 2.45) is 0 Å². The Morgan fingerprint density at radius 1 is 1.11 bits per heavy atom. The Balaban J connectivity index is 2.09. The summed E-state index contributed by atoms with van der Waals surface area (Å²) in [5.41, 5.74) is -0.161. The van der Waals surface area contributed by atoms with Crippen molar-refractivity contribution in [2.45, 2.75) is 71.6 Å². The second-order valence-corrected chi connectivity index (χ2v) is 8.82. The van der Waals surface area contributed by atoms with Gasteiger partial charge in [0.1, 0.15) is 17.0 Å². The molecule has 1 unspecified atom stereocenters. The molecule has 1 aromatic rings. The van der Waals surface area contributed by atoms with Crippen LogP contribution < -0.4 is 4.90 Å². The average Bonchev–Trinajstić information content (AvgIpc) is 3.01. The second-order valence-electron chi connectivity index (χ2n) is 8.82. The lowest BCUT2D eigenvalue weighted by Crippen LogP contribution is -2.36. The fourth-order valence-corrected chi connectivity index (χ4v) is 2.87. The highest BCUT2D eigenvalue weighted by molar-refractivity contribution is 5.85. The van der Waals surface area contributed by atoms with Crippen molar-refractivity contribution in [3.05, 3.63) is 23.9 Å².